The Kier molecular flexibility index (Phi) is 3.78. The minimum atomic E-state index is -4.48. The average molecular weight is 297 g/mol. The van der Waals surface area contributed by atoms with Gasteiger partial charge in [0.15, 0.2) is 5.78 Å². The number of alkyl halides is 3. The van der Waals surface area contributed by atoms with Gasteiger partial charge in [-0.3, -0.25) is 4.79 Å². The number of hydrogen-bond acceptors (Lipinski definition) is 2. The molecule has 0 saturated carbocycles. The second kappa shape index (κ2) is 5.44. The topological polar surface area (TPSA) is 29.1 Å². The number of Topliss-reactive ketones (excluding diaryl/α,β-unsaturated/α-hetero) is 1. The molecule has 114 valence electrons. The van der Waals surface area contributed by atoms with Gasteiger partial charge in [0.1, 0.15) is 0 Å². The number of piperidine rings is 2. The number of ketones is 1. The lowest BCUT2D eigenvalue weighted by Gasteiger charge is -2.40. The summed E-state index contributed by atoms with van der Waals surface area (Å²) in [5.74, 6) is -0.633. The van der Waals surface area contributed by atoms with Crippen molar-refractivity contribution in [2.45, 2.75) is 50.4 Å². The van der Waals surface area contributed by atoms with Crippen LogP contribution in [0.25, 0.3) is 0 Å². The maximum absolute atomic E-state index is 13.0. The third-order valence-corrected chi connectivity index (χ3v) is 4.58. The summed E-state index contributed by atoms with van der Waals surface area (Å²) in [6.07, 6.45) is 0.00285. The van der Waals surface area contributed by atoms with Crippen molar-refractivity contribution in [1.82, 2.24) is 5.32 Å². The predicted octanol–water partition coefficient (Wildman–Crippen LogP) is 3.81. The van der Waals surface area contributed by atoms with E-state index in [4.69, 9.17) is 0 Å². The molecule has 0 amide bonds. The molecule has 1 aromatic rings. The first kappa shape index (κ1) is 14.6. The summed E-state index contributed by atoms with van der Waals surface area (Å²) in [6, 6.07) is 5.70. The molecule has 2 fully saturated rings. The van der Waals surface area contributed by atoms with Gasteiger partial charge in [0.05, 0.1) is 5.56 Å². The molecule has 0 radical (unpaired) electrons. The van der Waals surface area contributed by atoms with Gasteiger partial charge in [-0.25, -0.2) is 0 Å². The molecular formula is C16H18F3NO. The molecule has 1 N–H and O–H groups in total. The second-order valence-electron chi connectivity index (χ2n) is 6.07. The van der Waals surface area contributed by atoms with E-state index in [9.17, 15) is 18.0 Å². The van der Waals surface area contributed by atoms with Crippen LogP contribution in [0.1, 0.15) is 48.0 Å². The predicted molar refractivity (Wildman–Crippen MR) is 73.1 cm³/mol. The highest BCUT2D eigenvalue weighted by Crippen LogP contribution is 2.36. The molecule has 2 nitrogen and oxygen atoms in total. The molecule has 0 aliphatic carbocycles. The van der Waals surface area contributed by atoms with Gasteiger partial charge < -0.3 is 5.32 Å². The number of hydrogen-bond donors (Lipinski definition) is 1. The number of fused-ring (bicyclic) bond motifs is 2. The molecule has 0 spiro atoms. The lowest BCUT2D eigenvalue weighted by molar-refractivity contribution is -0.137. The summed E-state index contributed by atoms with van der Waals surface area (Å²) < 4.78 is 39.1. The van der Waals surface area contributed by atoms with Crippen LogP contribution in [0.2, 0.25) is 0 Å². The maximum atomic E-state index is 13.0. The molecule has 2 aliphatic rings. The summed E-state index contributed by atoms with van der Waals surface area (Å²) in [5.41, 5.74) is -0.978. The summed E-state index contributed by atoms with van der Waals surface area (Å²) in [5, 5.41) is 3.46. The van der Waals surface area contributed by atoms with Crippen molar-refractivity contribution in [2.24, 2.45) is 5.92 Å². The third-order valence-electron chi connectivity index (χ3n) is 4.58. The Hall–Kier alpha value is -1.36. The smallest absolute Gasteiger partial charge is 0.311 e. The van der Waals surface area contributed by atoms with Crippen molar-refractivity contribution in [3.63, 3.8) is 0 Å². The lowest BCUT2D eigenvalue weighted by atomic mass is 9.76. The van der Waals surface area contributed by atoms with E-state index in [2.05, 4.69) is 5.32 Å². The third kappa shape index (κ3) is 2.98. The van der Waals surface area contributed by atoms with Gasteiger partial charge in [0.2, 0.25) is 0 Å². The van der Waals surface area contributed by atoms with Gasteiger partial charge >= 0.3 is 6.18 Å². The first-order valence-corrected chi connectivity index (χ1v) is 7.41. The van der Waals surface area contributed by atoms with Crippen molar-refractivity contribution in [1.29, 1.82) is 0 Å². The summed E-state index contributed by atoms with van der Waals surface area (Å²) >= 11 is 0. The molecular weight excluding hydrogens is 279 g/mol. The Labute approximate surface area is 121 Å². The van der Waals surface area contributed by atoms with Crippen LogP contribution < -0.4 is 5.32 Å². The average Bonchev–Trinajstić information content (AvgIpc) is 2.45. The Morgan fingerprint density at radius 1 is 1.10 bits per heavy atom. The van der Waals surface area contributed by atoms with E-state index in [1.54, 1.807) is 0 Å². The van der Waals surface area contributed by atoms with Crippen molar-refractivity contribution in [3.05, 3.63) is 35.4 Å². The SMILES string of the molecule is O=C(c1ccccc1C(F)(F)F)C1CC2CCCC(C1)N2. The molecule has 0 aromatic heterocycles. The van der Waals surface area contributed by atoms with Gasteiger partial charge in [-0.05, 0) is 31.7 Å². The van der Waals surface area contributed by atoms with Crippen LogP contribution in [0.15, 0.2) is 24.3 Å². The van der Waals surface area contributed by atoms with Crippen molar-refractivity contribution in [3.8, 4) is 0 Å². The fraction of sp³-hybridized carbons (Fsp3) is 0.562. The molecule has 21 heavy (non-hydrogen) atoms. The minimum absolute atomic E-state index is 0.171. The highest BCUT2D eigenvalue weighted by molar-refractivity contribution is 5.99. The van der Waals surface area contributed by atoms with Gasteiger partial charge in [-0.15, -0.1) is 0 Å². The summed E-state index contributed by atoms with van der Waals surface area (Å²) in [6.45, 7) is 0. The fourth-order valence-corrected chi connectivity index (χ4v) is 3.64. The summed E-state index contributed by atoms with van der Waals surface area (Å²) in [4.78, 5) is 12.6. The van der Waals surface area contributed by atoms with E-state index in [-0.39, 0.29) is 29.3 Å². The zero-order valence-corrected chi connectivity index (χ0v) is 11.6. The van der Waals surface area contributed by atoms with Crippen LogP contribution in [0, 0.1) is 5.92 Å². The van der Waals surface area contributed by atoms with Crippen LogP contribution in [-0.2, 0) is 6.18 Å². The molecule has 2 saturated heterocycles. The second-order valence-corrected chi connectivity index (χ2v) is 6.07. The zero-order chi connectivity index (χ0) is 15.0. The standard InChI is InChI=1S/C16H18F3NO/c17-16(18,19)14-7-2-1-6-13(14)15(21)10-8-11-4-3-5-12(9-10)20-11/h1-2,6-7,10-12,20H,3-5,8-9H2. The summed E-state index contributed by atoms with van der Waals surface area (Å²) in [7, 11) is 0. The van der Waals surface area contributed by atoms with E-state index >= 15 is 0 Å². The van der Waals surface area contributed by atoms with E-state index in [0.717, 1.165) is 25.3 Å². The quantitative estimate of drug-likeness (QED) is 0.841. The molecule has 2 atom stereocenters. The number of carbonyl (C=O) groups is 1. The van der Waals surface area contributed by atoms with Gasteiger partial charge in [0.25, 0.3) is 0 Å². The van der Waals surface area contributed by atoms with E-state index < -0.39 is 11.7 Å². The Morgan fingerprint density at radius 3 is 2.33 bits per heavy atom. The Balaban J connectivity index is 1.86. The molecule has 2 heterocycles. The molecule has 3 rings (SSSR count). The Bertz CT molecular complexity index is 529. The van der Waals surface area contributed by atoms with Gasteiger partial charge in [0, 0.05) is 23.6 Å². The highest BCUT2D eigenvalue weighted by Gasteiger charge is 2.39. The van der Waals surface area contributed by atoms with Crippen LogP contribution in [0.3, 0.4) is 0 Å². The van der Waals surface area contributed by atoms with Crippen LogP contribution in [0.5, 0.6) is 0 Å². The molecule has 2 unspecified atom stereocenters. The maximum Gasteiger partial charge on any atom is 0.417 e. The monoisotopic (exact) mass is 297 g/mol. The molecule has 1 aromatic carbocycles. The van der Waals surface area contributed by atoms with E-state index in [1.807, 2.05) is 0 Å². The van der Waals surface area contributed by atoms with Gasteiger partial charge in [-0.2, -0.15) is 13.2 Å². The minimum Gasteiger partial charge on any atom is -0.311 e. The molecule has 2 bridgehead atoms. The largest absolute Gasteiger partial charge is 0.417 e. The first-order chi connectivity index (χ1) is 9.95. The van der Waals surface area contributed by atoms with Crippen molar-refractivity contribution in [2.75, 3.05) is 0 Å². The van der Waals surface area contributed by atoms with Crippen LogP contribution in [0.4, 0.5) is 13.2 Å². The number of rotatable bonds is 2. The number of halogens is 3. The lowest BCUT2D eigenvalue weighted by Crippen LogP contribution is -2.50. The molecule has 5 heteroatoms. The normalized spacial score (nSPS) is 29.2. The van der Waals surface area contributed by atoms with Crippen LogP contribution in [-0.4, -0.2) is 17.9 Å². The highest BCUT2D eigenvalue weighted by atomic mass is 19.4. The van der Waals surface area contributed by atoms with E-state index in [0.29, 0.717) is 12.8 Å². The van der Waals surface area contributed by atoms with Gasteiger partial charge in [-0.1, -0.05) is 24.6 Å². The first-order valence-electron chi connectivity index (χ1n) is 7.41. The van der Waals surface area contributed by atoms with Crippen molar-refractivity contribution >= 4 is 5.78 Å². The molecule has 2 aliphatic heterocycles. The van der Waals surface area contributed by atoms with E-state index in [1.165, 1.54) is 18.2 Å². The van der Waals surface area contributed by atoms with Crippen molar-refractivity contribution < 1.29 is 18.0 Å². The van der Waals surface area contributed by atoms with Crippen LogP contribution >= 0.6 is 0 Å². The number of nitrogens with one attached hydrogen (secondary N) is 1. The number of carbonyl (C=O) groups excluding carboxylic acids is 1. The number of benzene rings is 1. The zero-order valence-electron chi connectivity index (χ0n) is 11.6. The Morgan fingerprint density at radius 2 is 1.71 bits per heavy atom. The fourth-order valence-electron chi connectivity index (χ4n) is 3.64.